The number of rotatable bonds is 7. The van der Waals surface area contributed by atoms with E-state index in [0.29, 0.717) is 0 Å². The minimum absolute atomic E-state index is 0.837. The standard InChI is InChI=1S/C43H32O/c1-44-37-29-27-36(28-30-37)43-41(34-23-13-5-14-24-34)39(32-19-9-3-10-20-32)38(31-17-7-2-8-18-31)40(33-21-11-4-12-22-33)42(43)35-25-15-6-16-26-35/h2-30H,1H3. The Hall–Kier alpha value is -5.66. The van der Waals surface area contributed by atoms with Gasteiger partial charge in [0.2, 0.25) is 0 Å². The Bertz CT molecular complexity index is 1880. The van der Waals surface area contributed by atoms with Gasteiger partial charge in [-0.25, -0.2) is 0 Å². The van der Waals surface area contributed by atoms with Crippen LogP contribution in [-0.2, 0) is 0 Å². The van der Waals surface area contributed by atoms with Crippen LogP contribution in [0.2, 0.25) is 0 Å². The Kier molecular flexibility index (Phi) is 7.60. The molecular weight excluding hydrogens is 532 g/mol. The first-order chi connectivity index (χ1) is 21.8. The van der Waals surface area contributed by atoms with Crippen molar-refractivity contribution in [1.82, 2.24) is 0 Å². The summed E-state index contributed by atoms with van der Waals surface area (Å²) in [4.78, 5) is 0. The van der Waals surface area contributed by atoms with Crippen LogP contribution in [0.25, 0.3) is 66.8 Å². The van der Waals surface area contributed by atoms with Crippen molar-refractivity contribution < 1.29 is 4.74 Å². The number of ether oxygens (including phenoxy) is 1. The SMILES string of the molecule is COc1ccc(-c2c(-c3ccccc3)c(-c3ccccc3)c(-c3ccccc3)c(-c3ccccc3)c2-c2ccccc2)cc1. The molecule has 7 aromatic rings. The van der Waals surface area contributed by atoms with E-state index in [4.69, 9.17) is 4.74 Å². The van der Waals surface area contributed by atoms with Crippen LogP contribution >= 0.6 is 0 Å². The van der Waals surface area contributed by atoms with Crippen LogP contribution in [-0.4, -0.2) is 7.11 Å². The normalized spacial score (nSPS) is 10.8. The van der Waals surface area contributed by atoms with Crippen LogP contribution in [0.1, 0.15) is 0 Å². The highest BCUT2D eigenvalue weighted by Gasteiger charge is 2.28. The van der Waals surface area contributed by atoms with Gasteiger partial charge < -0.3 is 4.74 Å². The predicted octanol–water partition coefficient (Wildman–Crippen LogP) is 11.7. The second-order valence-electron chi connectivity index (χ2n) is 10.8. The maximum Gasteiger partial charge on any atom is 0.118 e. The zero-order chi connectivity index (χ0) is 29.7. The minimum atomic E-state index is 0.837. The fourth-order valence-electron chi connectivity index (χ4n) is 6.26. The lowest BCUT2D eigenvalue weighted by Gasteiger charge is -2.28. The summed E-state index contributed by atoms with van der Waals surface area (Å²) in [6, 6.07) is 62.7. The van der Waals surface area contributed by atoms with Gasteiger partial charge in [0, 0.05) is 0 Å². The fraction of sp³-hybridized carbons (Fsp3) is 0.0233. The number of benzene rings is 7. The van der Waals surface area contributed by atoms with Gasteiger partial charge in [-0.2, -0.15) is 0 Å². The molecule has 0 unspecified atom stereocenters. The lowest BCUT2D eigenvalue weighted by Crippen LogP contribution is -2.02. The molecule has 0 bridgehead atoms. The summed E-state index contributed by atoms with van der Waals surface area (Å²) in [5.74, 6) is 0.837. The Balaban J connectivity index is 1.79. The smallest absolute Gasteiger partial charge is 0.118 e. The van der Waals surface area contributed by atoms with Crippen molar-refractivity contribution in [2.45, 2.75) is 0 Å². The van der Waals surface area contributed by atoms with Crippen LogP contribution in [0.5, 0.6) is 5.75 Å². The second-order valence-corrected chi connectivity index (χ2v) is 10.8. The molecule has 44 heavy (non-hydrogen) atoms. The summed E-state index contributed by atoms with van der Waals surface area (Å²) in [7, 11) is 1.72. The number of hydrogen-bond donors (Lipinski definition) is 0. The molecule has 0 saturated carbocycles. The molecule has 1 nitrogen and oxygen atoms in total. The summed E-state index contributed by atoms with van der Waals surface area (Å²) in [5.41, 5.74) is 14.3. The van der Waals surface area contributed by atoms with Crippen LogP contribution in [0, 0.1) is 0 Å². The van der Waals surface area contributed by atoms with Gasteiger partial charge in [0.15, 0.2) is 0 Å². The van der Waals surface area contributed by atoms with E-state index in [9.17, 15) is 0 Å². The average Bonchev–Trinajstić information content (AvgIpc) is 3.12. The van der Waals surface area contributed by atoms with Gasteiger partial charge >= 0.3 is 0 Å². The number of methoxy groups -OCH3 is 1. The Labute approximate surface area is 259 Å². The molecule has 1 heteroatoms. The van der Waals surface area contributed by atoms with E-state index in [1.165, 1.54) is 61.2 Å². The van der Waals surface area contributed by atoms with Gasteiger partial charge in [0.05, 0.1) is 7.11 Å². The third kappa shape index (κ3) is 5.10. The van der Waals surface area contributed by atoms with Crippen LogP contribution in [0.4, 0.5) is 0 Å². The highest BCUT2D eigenvalue weighted by atomic mass is 16.5. The molecule has 0 aromatic heterocycles. The van der Waals surface area contributed by atoms with Crippen molar-refractivity contribution in [1.29, 1.82) is 0 Å². The third-order valence-electron chi connectivity index (χ3n) is 8.19. The van der Waals surface area contributed by atoms with Crippen LogP contribution < -0.4 is 4.74 Å². The monoisotopic (exact) mass is 564 g/mol. The van der Waals surface area contributed by atoms with E-state index in [1.54, 1.807) is 7.11 Å². The second kappa shape index (κ2) is 12.3. The molecule has 0 aliphatic rings. The van der Waals surface area contributed by atoms with Gasteiger partial charge in [-0.1, -0.05) is 164 Å². The molecule has 0 saturated heterocycles. The molecule has 0 spiro atoms. The van der Waals surface area contributed by atoms with Gasteiger partial charge in [-0.15, -0.1) is 0 Å². The molecule has 0 amide bonds. The number of hydrogen-bond acceptors (Lipinski definition) is 1. The third-order valence-corrected chi connectivity index (χ3v) is 8.19. The molecule has 0 N–H and O–H groups in total. The van der Waals surface area contributed by atoms with Gasteiger partial charge in [-0.05, 0) is 78.9 Å². The molecule has 0 fully saturated rings. The van der Waals surface area contributed by atoms with Crippen molar-refractivity contribution >= 4 is 0 Å². The van der Waals surface area contributed by atoms with Gasteiger partial charge in [0.1, 0.15) is 5.75 Å². The van der Waals surface area contributed by atoms with Gasteiger partial charge in [-0.3, -0.25) is 0 Å². The maximum atomic E-state index is 5.60. The predicted molar refractivity (Wildman–Crippen MR) is 186 cm³/mol. The van der Waals surface area contributed by atoms with E-state index in [0.717, 1.165) is 11.3 Å². The summed E-state index contributed by atoms with van der Waals surface area (Å²) in [6.45, 7) is 0. The fourth-order valence-corrected chi connectivity index (χ4v) is 6.26. The molecule has 0 radical (unpaired) electrons. The van der Waals surface area contributed by atoms with Crippen LogP contribution in [0.3, 0.4) is 0 Å². The summed E-state index contributed by atoms with van der Waals surface area (Å²) < 4.78 is 5.60. The molecule has 0 atom stereocenters. The van der Waals surface area contributed by atoms with Crippen molar-refractivity contribution in [2.24, 2.45) is 0 Å². The first-order valence-electron chi connectivity index (χ1n) is 15.0. The zero-order valence-corrected chi connectivity index (χ0v) is 24.7. The van der Waals surface area contributed by atoms with Crippen LogP contribution in [0.15, 0.2) is 176 Å². The zero-order valence-electron chi connectivity index (χ0n) is 24.7. The largest absolute Gasteiger partial charge is 0.497 e. The van der Waals surface area contributed by atoms with Gasteiger partial charge in [0.25, 0.3) is 0 Å². The Morgan fingerprint density at radius 1 is 0.250 bits per heavy atom. The molecule has 210 valence electrons. The highest BCUT2D eigenvalue weighted by Crippen LogP contribution is 2.55. The van der Waals surface area contributed by atoms with Crippen molar-refractivity contribution in [3.05, 3.63) is 176 Å². The first kappa shape index (κ1) is 27.2. The van der Waals surface area contributed by atoms with Crippen molar-refractivity contribution in [3.8, 4) is 72.5 Å². The Morgan fingerprint density at radius 2 is 0.455 bits per heavy atom. The summed E-state index contributed by atoms with van der Waals surface area (Å²) in [5, 5.41) is 0. The average molecular weight is 565 g/mol. The molecule has 0 aliphatic carbocycles. The van der Waals surface area contributed by atoms with Crippen molar-refractivity contribution in [3.63, 3.8) is 0 Å². The quantitative estimate of drug-likeness (QED) is 0.187. The maximum absolute atomic E-state index is 5.60. The molecule has 0 aliphatic heterocycles. The first-order valence-corrected chi connectivity index (χ1v) is 15.0. The van der Waals surface area contributed by atoms with E-state index < -0.39 is 0 Å². The molecule has 7 rings (SSSR count). The topological polar surface area (TPSA) is 9.23 Å². The van der Waals surface area contributed by atoms with Crippen molar-refractivity contribution in [2.75, 3.05) is 7.11 Å². The van der Waals surface area contributed by atoms with E-state index in [2.05, 4.69) is 176 Å². The highest BCUT2D eigenvalue weighted by molar-refractivity contribution is 6.15. The molecular formula is C43H32O. The summed E-state index contributed by atoms with van der Waals surface area (Å²) in [6.07, 6.45) is 0. The molecule has 7 aromatic carbocycles. The minimum Gasteiger partial charge on any atom is -0.497 e. The summed E-state index contributed by atoms with van der Waals surface area (Å²) >= 11 is 0. The van der Waals surface area contributed by atoms with E-state index in [1.807, 2.05) is 0 Å². The van der Waals surface area contributed by atoms with E-state index in [-0.39, 0.29) is 0 Å². The lowest BCUT2D eigenvalue weighted by atomic mass is 9.74. The molecule has 0 heterocycles. The van der Waals surface area contributed by atoms with E-state index >= 15 is 0 Å². The Morgan fingerprint density at radius 3 is 0.659 bits per heavy atom. The lowest BCUT2D eigenvalue weighted by molar-refractivity contribution is 0.415.